The maximum absolute atomic E-state index is 11.8. The van der Waals surface area contributed by atoms with E-state index < -0.39 is 0 Å². The van der Waals surface area contributed by atoms with E-state index in [2.05, 4.69) is 26.9 Å². The fourth-order valence-electron chi connectivity index (χ4n) is 6.33. The highest BCUT2D eigenvalue weighted by atomic mass is 35.5. The van der Waals surface area contributed by atoms with Crippen molar-refractivity contribution in [3.05, 3.63) is 148 Å². The van der Waals surface area contributed by atoms with Crippen LogP contribution in [-0.4, -0.2) is 59.3 Å². The number of hydrogen-bond donors (Lipinski definition) is 0. The number of piperazine rings is 1. The molecule has 0 atom stereocenters. The van der Waals surface area contributed by atoms with E-state index >= 15 is 0 Å². The lowest BCUT2D eigenvalue weighted by Crippen LogP contribution is -2.45. The van der Waals surface area contributed by atoms with Crippen molar-refractivity contribution < 1.29 is 23.7 Å². The number of hydrogen-bond acceptors (Lipinski definition) is 9. The van der Waals surface area contributed by atoms with Gasteiger partial charge in [0.25, 0.3) is 0 Å². The number of aromatic nitrogens is 2. The highest BCUT2D eigenvalue weighted by Crippen LogP contribution is 2.36. The van der Waals surface area contributed by atoms with Gasteiger partial charge in [0.15, 0.2) is 5.75 Å². The Balaban J connectivity index is 0.948. The predicted molar refractivity (Wildman–Crippen MR) is 212 cm³/mol. The Morgan fingerprint density at radius 3 is 2.28 bits per heavy atom. The van der Waals surface area contributed by atoms with Crippen molar-refractivity contribution in [3.63, 3.8) is 0 Å². The molecule has 4 aromatic carbocycles. The summed E-state index contributed by atoms with van der Waals surface area (Å²) in [5.74, 6) is 3.47. The number of carbonyl (C=O) groups excluding carboxylic acids is 1. The van der Waals surface area contributed by atoms with E-state index in [4.69, 9.17) is 47.1 Å². The van der Waals surface area contributed by atoms with Gasteiger partial charge in [-0.15, -0.1) is 0 Å². The zero-order valence-corrected chi connectivity index (χ0v) is 31.4. The van der Waals surface area contributed by atoms with Crippen LogP contribution < -0.4 is 18.9 Å². The Hall–Kier alpha value is -5.61. The molecule has 1 saturated heterocycles. The summed E-state index contributed by atoms with van der Waals surface area (Å²) in [6, 6.07) is 32.6. The van der Waals surface area contributed by atoms with Gasteiger partial charge in [0.1, 0.15) is 30.1 Å². The average molecular weight is 762 g/mol. The number of aldehydes is 1. The molecule has 54 heavy (non-hydrogen) atoms. The van der Waals surface area contributed by atoms with Crippen LogP contribution in [0, 0.1) is 6.92 Å². The summed E-state index contributed by atoms with van der Waals surface area (Å²) in [4.78, 5) is 25.6. The van der Waals surface area contributed by atoms with Gasteiger partial charge >= 0.3 is 0 Å². The first-order valence-electron chi connectivity index (χ1n) is 17.5. The Morgan fingerprint density at radius 1 is 0.796 bits per heavy atom. The van der Waals surface area contributed by atoms with Crippen LogP contribution >= 0.6 is 23.2 Å². The molecule has 6 aromatic rings. The molecule has 1 aliphatic heterocycles. The van der Waals surface area contributed by atoms with Crippen molar-refractivity contribution in [2.24, 2.45) is 0 Å². The zero-order chi connectivity index (χ0) is 37.4. The molecular formula is C43H38Cl2N4O5. The number of ether oxygens (including phenoxy) is 4. The van der Waals surface area contributed by atoms with Crippen LogP contribution in [0.3, 0.4) is 0 Å². The van der Waals surface area contributed by atoms with E-state index in [1.165, 1.54) is 5.56 Å². The molecule has 0 bridgehead atoms. The summed E-state index contributed by atoms with van der Waals surface area (Å²) in [7, 11) is 1.64. The first-order chi connectivity index (χ1) is 26.3. The highest BCUT2D eigenvalue weighted by Gasteiger charge is 2.22. The van der Waals surface area contributed by atoms with Crippen molar-refractivity contribution in [2.45, 2.75) is 20.1 Å². The minimum Gasteiger partial charge on any atom is -0.497 e. The van der Waals surface area contributed by atoms with E-state index in [1.54, 1.807) is 31.5 Å². The third-order valence-electron chi connectivity index (χ3n) is 9.15. The molecule has 9 nitrogen and oxygen atoms in total. The molecule has 274 valence electrons. The molecule has 7 rings (SSSR count). The minimum absolute atomic E-state index is 0.326. The number of allylic oxidation sites excluding steroid dienone is 1. The number of nitrogens with zero attached hydrogens (tertiary/aromatic N) is 4. The SMILES string of the molecule is COc1ccc(Oc2ccc3cc(CN4CCN(/C(=C/C=O)c5cc(C)c(Oc6ccc(OCc7ccccc7Cl)cn6)c(Cl)c5)CC4)ccc3n2)cc1. The molecule has 0 unspecified atom stereocenters. The zero-order valence-electron chi connectivity index (χ0n) is 29.9. The van der Waals surface area contributed by atoms with E-state index in [0.29, 0.717) is 45.7 Å². The number of pyridine rings is 2. The van der Waals surface area contributed by atoms with Crippen molar-refractivity contribution >= 4 is 46.1 Å². The molecule has 1 aliphatic rings. The molecule has 11 heteroatoms. The summed E-state index contributed by atoms with van der Waals surface area (Å²) >= 11 is 13.0. The molecule has 0 amide bonds. The fraction of sp³-hybridized carbons (Fsp3) is 0.186. The van der Waals surface area contributed by atoms with Crippen LogP contribution in [0.25, 0.3) is 16.6 Å². The highest BCUT2D eigenvalue weighted by molar-refractivity contribution is 6.32. The molecule has 1 fully saturated rings. The lowest BCUT2D eigenvalue weighted by atomic mass is 10.1. The lowest BCUT2D eigenvalue weighted by Gasteiger charge is -2.37. The monoisotopic (exact) mass is 760 g/mol. The van der Waals surface area contributed by atoms with E-state index in [9.17, 15) is 4.79 Å². The Labute approximate surface area is 324 Å². The molecule has 0 saturated carbocycles. The smallest absolute Gasteiger partial charge is 0.219 e. The molecule has 2 aromatic heterocycles. The summed E-state index contributed by atoms with van der Waals surface area (Å²) in [5, 5.41) is 2.12. The number of methoxy groups -OCH3 is 1. The Kier molecular flexibility index (Phi) is 11.6. The van der Waals surface area contributed by atoms with Gasteiger partial charge in [-0.3, -0.25) is 9.69 Å². The summed E-state index contributed by atoms with van der Waals surface area (Å²) in [5.41, 5.74) is 5.45. The van der Waals surface area contributed by atoms with E-state index in [0.717, 1.165) is 78.0 Å². The Bertz CT molecular complexity index is 2250. The third kappa shape index (κ3) is 8.94. The average Bonchev–Trinajstić information content (AvgIpc) is 3.19. The first-order valence-corrected chi connectivity index (χ1v) is 18.3. The number of fused-ring (bicyclic) bond motifs is 1. The first kappa shape index (κ1) is 36.7. The second-order valence-corrected chi connectivity index (χ2v) is 13.6. The summed E-state index contributed by atoms with van der Waals surface area (Å²) < 4.78 is 23.1. The normalized spacial score (nSPS) is 13.5. The van der Waals surface area contributed by atoms with E-state index in [-0.39, 0.29) is 0 Å². The second kappa shape index (κ2) is 17.0. The number of carbonyl (C=O) groups is 1. The topological polar surface area (TPSA) is 86.3 Å². The van der Waals surface area contributed by atoms with Crippen LogP contribution in [0.4, 0.5) is 0 Å². The number of halogens is 2. The van der Waals surface area contributed by atoms with Crippen molar-refractivity contribution in [2.75, 3.05) is 33.3 Å². The second-order valence-electron chi connectivity index (χ2n) is 12.8. The minimum atomic E-state index is 0.326. The predicted octanol–water partition coefficient (Wildman–Crippen LogP) is 9.77. The van der Waals surface area contributed by atoms with Crippen LogP contribution in [0.5, 0.6) is 34.8 Å². The standard InChI is InChI=1S/C43H38Cl2N4O5/c1-29-23-33(25-38(45)43(29)54-41-16-13-36(26-46-41)52-28-32-5-3-4-6-37(32)44)40(17-22-50)49-20-18-48(19-21-49)27-30-7-14-39-31(24-30)8-15-42(47-39)53-35-11-9-34(51-2)10-12-35/h3-17,22-26H,18-21,27-28H2,1-2H3/b40-17+. The van der Waals surface area contributed by atoms with Gasteiger partial charge in [0.05, 0.1) is 23.8 Å². The van der Waals surface area contributed by atoms with Gasteiger partial charge < -0.3 is 23.8 Å². The number of benzene rings is 4. The molecule has 0 N–H and O–H groups in total. The van der Waals surface area contributed by atoms with Crippen molar-refractivity contribution in [1.29, 1.82) is 0 Å². The van der Waals surface area contributed by atoms with Gasteiger partial charge in [0, 0.05) is 72.6 Å². The molecule has 0 aliphatic carbocycles. The Morgan fingerprint density at radius 2 is 1.56 bits per heavy atom. The van der Waals surface area contributed by atoms with Crippen molar-refractivity contribution in [1.82, 2.24) is 19.8 Å². The molecule has 0 spiro atoms. The maximum Gasteiger partial charge on any atom is 0.219 e. The third-order valence-corrected chi connectivity index (χ3v) is 9.80. The molecular weight excluding hydrogens is 723 g/mol. The summed E-state index contributed by atoms with van der Waals surface area (Å²) in [6.07, 6.45) is 4.03. The number of aryl methyl sites for hydroxylation is 1. The van der Waals surface area contributed by atoms with Crippen LogP contribution in [-0.2, 0) is 17.9 Å². The molecule has 3 heterocycles. The number of rotatable bonds is 13. The van der Waals surface area contributed by atoms with Gasteiger partial charge in [-0.05, 0) is 90.3 Å². The van der Waals surface area contributed by atoms with Crippen LogP contribution in [0.15, 0.2) is 115 Å². The fourth-order valence-corrected chi connectivity index (χ4v) is 6.83. The quantitative estimate of drug-likeness (QED) is 0.0844. The molecule has 0 radical (unpaired) electrons. The van der Waals surface area contributed by atoms with Gasteiger partial charge in [-0.2, -0.15) is 0 Å². The largest absolute Gasteiger partial charge is 0.497 e. The van der Waals surface area contributed by atoms with Gasteiger partial charge in [-0.1, -0.05) is 47.5 Å². The van der Waals surface area contributed by atoms with Gasteiger partial charge in [-0.25, -0.2) is 9.97 Å². The van der Waals surface area contributed by atoms with Crippen LogP contribution in [0.2, 0.25) is 10.0 Å². The lowest BCUT2D eigenvalue weighted by molar-refractivity contribution is -0.104. The maximum atomic E-state index is 11.8. The van der Waals surface area contributed by atoms with Crippen LogP contribution in [0.1, 0.15) is 22.3 Å². The van der Waals surface area contributed by atoms with Crippen molar-refractivity contribution in [3.8, 4) is 34.8 Å². The summed E-state index contributed by atoms with van der Waals surface area (Å²) in [6.45, 7) is 6.23. The van der Waals surface area contributed by atoms with Gasteiger partial charge in [0.2, 0.25) is 11.8 Å². The van der Waals surface area contributed by atoms with E-state index in [1.807, 2.05) is 85.8 Å².